The average molecular weight is 541 g/mol. The van der Waals surface area contributed by atoms with Crippen molar-refractivity contribution in [2.24, 2.45) is 48.9 Å². The molecule has 7 heteroatoms. The number of nitriles is 2. The Labute approximate surface area is 239 Å². The van der Waals surface area contributed by atoms with Crippen LogP contribution < -0.4 is 10.6 Å². The summed E-state index contributed by atoms with van der Waals surface area (Å²) in [6.45, 7) is 16.1. The van der Waals surface area contributed by atoms with E-state index in [4.69, 9.17) is 4.99 Å². The van der Waals surface area contributed by atoms with Crippen molar-refractivity contribution >= 4 is 17.5 Å². The molecule has 7 atom stereocenters. The molecule has 3 saturated carbocycles. The monoisotopic (exact) mass is 540 g/mol. The average Bonchev–Trinajstić information content (AvgIpc) is 3.63. The Morgan fingerprint density at radius 1 is 1.02 bits per heavy atom. The first-order valence-corrected chi connectivity index (χ1v) is 15.0. The summed E-state index contributed by atoms with van der Waals surface area (Å²) in [5, 5.41) is 26.2. The van der Waals surface area contributed by atoms with Crippen LogP contribution in [0.15, 0.2) is 33.3 Å². The number of carbonyl (C=O) groups is 1. The van der Waals surface area contributed by atoms with Crippen LogP contribution in [0.1, 0.15) is 93.4 Å². The fraction of sp³-hybridized carbons (Fsp3) is 0.727. The van der Waals surface area contributed by atoms with Gasteiger partial charge in [-0.15, -0.1) is 4.99 Å². The summed E-state index contributed by atoms with van der Waals surface area (Å²) in [5.74, 6) is 0.963. The minimum Gasteiger partial charge on any atom is -0.359 e. The van der Waals surface area contributed by atoms with E-state index in [-0.39, 0.29) is 50.4 Å². The maximum atomic E-state index is 13.3. The van der Waals surface area contributed by atoms with E-state index >= 15 is 0 Å². The molecule has 0 aromatic carbocycles. The Bertz CT molecular complexity index is 1420. The largest absolute Gasteiger partial charge is 0.359 e. The van der Waals surface area contributed by atoms with E-state index in [0.717, 1.165) is 44.9 Å². The number of nitrogens with one attached hydrogen (secondary N) is 2. The SMILES string of the molecule is CN/C(=N\C#N)N[C@]12CCC(C)(C)C[C@H]1[C@@]13N=C1C=C1[C@@]4(C)C=C(C#N)C(=O)C(C)(C)[C@@H]4CC[C@@]1(C)[C@]3(C)CC2. The van der Waals surface area contributed by atoms with Crippen LogP contribution in [0.2, 0.25) is 0 Å². The molecule has 1 spiro atoms. The summed E-state index contributed by atoms with van der Waals surface area (Å²) < 4.78 is 0. The van der Waals surface area contributed by atoms with Crippen LogP contribution in [-0.2, 0) is 4.79 Å². The zero-order valence-corrected chi connectivity index (χ0v) is 25.5. The minimum atomic E-state index is -0.583. The number of rotatable bonds is 1. The number of hydrogen-bond donors (Lipinski definition) is 2. The van der Waals surface area contributed by atoms with Gasteiger partial charge in [0.05, 0.1) is 11.3 Å². The van der Waals surface area contributed by atoms with Gasteiger partial charge in [-0.1, -0.05) is 60.1 Å². The predicted molar refractivity (Wildman–Crippen MR) is 156 cm³/mol. The van der Waals surface area contributed by atoms with Gasteiger partial charge in [-0.2, -0.15) is 10.5 Å². The first-order valence-electron chi connectivity index (χ1n) is 15.0. The number of aliphatic imine (C=N–C) groups is 2. The van der Waals surface area contributed by atoms with Gasteiger partial charge in [-0.3, -0.25) is 9.79 Å². The molecule has 40 heavy (non-hydrogen) atoms. The van der Waals surface area contributed by atoms with Crippen molar-refractivity contribution in [2.45, 2.75) is 104 Å². The molecule has 3 fully saturated rings. The normalized spacial score (nSPS) is 45.8. The lowest BCUT2D eigenvalue weighted by Crippen LogP contribution is -2.73. The Hall–Kier alpha value is -2.93. The first kappa shape index (κ1) is 27.3. The van der Waals surface area contributed by atoms with Crippen molar-refractivity contribution in [3.05, 3.63) is 23.3 Å². The molecule has 2 N–H and O–H groups in total. The van der Waals surface area contributed by atoms with E-state index in [0.29, 0.717) is 11.5 Å². The third-order valence-corrected chi connectivity index (χ3v) is 13.1. The number of hydrogen-bond acceptors (Lipinski definition) is 5. The van der Waals surface area contributed by atoms with Gasteiger partial charge in [-0.05, 0) is 67.8 Å². The molecule has 0 aromatic heterocycles. The van der Waals surface area contributed by atoms with Crippen LogP contribution in [0.25, 0.3) is 0 Å². The van der Waals surface area contributed by atoms with Crippen molar-refractivity contribution < 1.29 is 4.79 Å². The molecule has 0 radical (unpaired) electrons. The molecule has 6 rings (SSSR count). The molecule has 1 aliphatic heterocycles. The molecule has 0 bridgehead atoms. The number of allylic oxidation sites excluding steroid dienone is 3. The Balaban J connectivity index is 1.51. The quantitative estimate of drug-likeness (QED) is 0.255. The van der Waals surface area contributed by atoms with Gasteiger partial charge in [0.1, 0.15) is 11.6 Å². The molecule has 0 saturated heterocycles. The zero-order valence-electron chi connectivity index (χ0n) is 25.5. The van der Waals surface area contributed by atoms with E-state index in [1.54, 1.807) is 0 Å². The van der Waals surface area contributed by atoms with E-state index in [1.165, 1.54) is 11.3 Å². The molecule has 1 heterocycles. The summed E-state index contributed by atoms with van der Waals surface area (Å²) in [7, 11) is 1.82. The second-order valence-electron chi connectivity index (χ2n) is 15.6. The number of nitrogens with zero attached hydrogens (tertiary/aromatic N) is 4. The molecular weight excluding hydrogens is 496 g/mol. The Kier molecular flexibility index (Phi) is 5.36. The van der Waals surface area contributed by atoms with Crippen molar-refractivity contribution in [3.63, 3.8) is 0 Å². The van der Waals surface area contributed by atoms with Crippen molar-refractivity contribution in [2.75, 3.05) is 7.05 Å². The van der Waals surface area contributed by atoms with Crippen molar-refractivity contribution in [3.8, 4) is 12.3 Å². The van der Waals surface area contributed by atoms with Crippen LogP contribution in [0.3, 0.4) is 0 Å². The number of guanidine groups is 1. The van der Waals surface area contributed by atoms with Crippen molar-refractivity contribution in [1.29, 1.82) is 10.5 Å². The third-order valence-electron chi connectivity index (χ3n) is 13.1. The first-order chi connectivity index (χ1) is 18.6. The summed E-state index contributed by atoms with van der Waals surface area (Å²) >= 11 is 0. The van der Waals surface area contributed by atoms with E-state index in [2.05, 4.69) is 62.4 Å². The Morgan fingerprint density at radius 3 is 2.38 bits per heavy atom. The predicted octanol–water partition coefficient (Wildman–Crippen LogP) is 5.61. The zero-order chi connectivity index (χ0) is 29.1. The fourth-order valence-electron chi connectivity index (χ4n) is 10.7. The molecule has 0 unspecified atom stereocenters. The van der Waals surface area contributed by atoms with E-state index < -0.39 is 5.41 Å². The lowest BCUT2D eigenvalue weighted by Gasteiger charge is -2.69. The standard InChI is InChI=1S/C33H44N6O/c1-27(2)11-13-32(39-26(36-8)37-19-35)14-12-31(7)30(6)10-9-21-28(3,4)25(40)20(18-34)16-29(21,5)22(30)15-24-33(31,38-24)23(32)17-27/h15-16,21,23H,9-14,17H2,1-8H3,(H2,36,37,39)/t21-,23+,29-,30+,31-,32-,33+/m0/s1. The lowest BCUT2D eigenvalue weighted by atomic mass is 9.34. The highest BCUT2D eigenvalue weighted by molar-refractivity contribution is 6.16. The number of fused-ring (bicyclic) bond motifs is 5. The second kappa shape index (κ2) is 7.87. The smallest absolute Gasteiger partial charge is 0.209 e. The molecule has 0 amide bonds. The highest BCUT2D eigenvalue weighted by Gasteiger charge is 2.79. The highest BCUT2D eigenvalue weighted by atomic mass is 16.1. The van der Waals surface area contributed by atoms with E-state index in [9.17, 15) is 15.3 Å². The summed E-state index contributed by atoms with van der Waals surface area (Å²) in [4.78, 5) is 22.9. The molecule has 7 nitrogen and oxygen atoms in total. The fourth-order valence-corrected chi connectivity index (χ4v) is 10.7. The summed E-state index contributed by atoms with van der Waals surface area (Å²) in [5.41, 5.74) is 1.48. The number of ketones is 1. The van der Waals surface area contributed by atoms with Gasteiger partial charge in [0, 0.05) is 34.7 Å². The Morgan fingerprint density at radius 2 is 1.73 bits per heavy atom. The molecule has 6 aliphatic rings. The van der Waals surface area contributed by atoms with Gasteiger partial charge >= 0.3 is 0 Å². The number of Topliss-reactive ketones (excluding diaryl/α,β-unsaturated/α-hetero) is 1. The summed E-state index contributed by atoms with van der Waals surface area (Å²) in [6, 6.07) is 2.25. The highest BCUT2D eigenvalue weighted by Crippen LogP contribution is 2.78. The van der Waals surface area contributed by atoms with Gasteiger partial charge in [0.15, 0.2) is 5.78 Å². The van der Waals surface area contributed by atoms with Crippen LogP contribution in [0.4, 0.5) is 0 Å². The molecule has 212 valence electrons. The maximum Gasteiger partial charge on any atom is 0.209 e. The minimum absolute atomic E-state index is 0.0147. The van der Waals surface area contributed by atoms with Crippen LogP contribution in [0.5, 0.6) is 0 Å². The van der Waals surface area contributed by atoms with Crippen molar-refractivity contribution in [1.82, 2.24) is 10.6 Å². The van der Waals surface area contributed by atoms with E-state index in [1.807, 2.05) is 33.2 Å². The summed E-state index contributed by atoms with van der Waals surface area (Å²) in [6.07, 6.45) is 13.6. The van der Waals surface area contributed by atoms with Crippen LogP contribution in [0, 0.1) is 61.7 Å². The molecule has 0 aromatic rings. The topological polar surface area (TPSA) is 113 Å². The second-order valence-corrected chi connectivity index (χ2v) is 15.6. The lowest BCUT2D eigenvalue weighted by molar-refractivity contribution is -0.135. The number of carbonyl (C=O) groups excluding carboxylic acids is 1. The van der Waals surface area contributed by atoms with Gasteiger partial charge < -0.3 is 10.6 Å². The maximum absolute atomic E-state index is 13.3. The third kappa shape index (κ3) is 3.02. The van der Waals surface area contributed by atoms with Gasteiger partial charge in [0.25, 0.3) is 0 Å². The van der Waals surface area contributed by atoms with Crippen LogP contribution >= 0.6 is 0 Å². The molecule has 5 aliphatic carbocycles. The van der Waals surface area contributed by atoms with Gasteiger partial charge in [0.2, 0.25) is 12.2 Å². The van der Waals surface area contributed by atoms with Crippen LogP contribution in [-0.4, -0.2) is 35.6 Å². The van der Waals surface area contributed by atoms with Gasteiger partial charge in [-0.25, -0.2) is 0 Å². The molecular formula is C33H44N6O.